The first-order valence-corrected chi connectivity index (χ1v) is 5.86. The number of aromatic nitrogens is 2. The fourth-order valence-corrected chi connectivity index (χ4v) is 2.40. The quantitative estimate of drug-likeness (QED) is 0.834. The Labute approximate surface area is 95.3 Å². The molecule has 2 atom stereocenters. The van der Waals surface area contributed by atoms with E-state index in [0.717, 1.165) is 17.0 Å². The molecule has 1 aromatic heterocycles. The highest BCUT2D eigenvalue weighted by atomic mass is 15.1. The van der Waals surface area contributed by atoms with Gasteiger partial charge in [-0.3, -0.25) is 0 Å². The molecule has 3 rings (SSSR count). The topological polar surface area (TPSA) is 43.8 Å². The Bertz CT molecular complexity index is 541. The lowest BCUT2D eigenvalue weighted by Crippen LogP contribution is -1.96. The molecular weight excluding hydrogens is 198 g/mol. The van der Waals surface area contributed by atoms with Crippen molar-refractivity contribution in [2.75, 3.05) is 0 Å². The summed E-state index contributed by atoms with van der Waals surface area (Å²) in [6, 6.07) is 6.32. The number of hydrogen-bond acceptors (Lipinski definition) is 2. The van der Waals surface area contributed by atoms with Crippen molar-refractivity contribution < 1.29 is 0 Å². The van der Waals surface area contributed by atoms with Crippen LogP contribution in [0, 0.1) is 5.92 Å². The molecule has 84 valence electrons. The minimum Gasteiger partial charge on any atom is -0.331 e. The third kappa shape index (κ3) is 1.35. The summed E-state index contributed by atoms with van der Waals surface area (Å²) in [5.41, 5.74) is 9.10. The fraction of sp³-hybridized carbons (Fsp3) is 0.462. The van der Waals surface area contributed by atoms with Gasteiger partial charge in [-0.2, -0.15) is 0 Å². The highest BCUT2D eigenvalue weighted by molar-refractivity contribution is 5.77. The van der Waals surface area contributed by atoms with Crippen LogP contribution in [0.25, 0.3) is 11.0 Å². The summed E-state index contributed by atoms with van der Waals surface area (Å²) in [6.07, 6.45) is 1.28. The van der Waals surface area contributed by atoms with Crippen molar-refractivity contribution >= 4 is 11.0 Å². The molecule has 1 heterocycles. The third-order valence-corrected chi connectivity index (χ3v) is 3.66. The van der Waals surface area contributed by atoms with Gasteiger partial charge in [0, 0.05) is 19.5 Å². The van der Waals surface area contributed by atoms with Crippen molar-refractivity contribution in [1.29, 1.82) is 0 Å². The maximum absolute atomic E-state index is 5.65. The Kier molecular flexibility index (Phi) is 2.04. The molecule has 0 bridgehead atoms. The molecule has 2 aromatic rings. The van der Waals surface area contributed by atoms with E-state index in [1.54, 1.807) is 0 Å². The van der Waals surface area contributed by atoms with E-state index in [1.807, 2.05) is 0 Å². The largest absolute Gasteiger partial charge is 0.331 e. The molecule has 1 saturated carbocycles. The Morgan fingerprint density at radius 3 is 2.88 bits per heavy atom. The SMILES string of the molecule is CC1CC1c1nc2cc(CN)ccc2n1C. The number of hydrogen-bond donors (Lipinski definition) is 1. The molecule has 0 spiro atoms. The predicted octanol–water partition coefficient (Wildman–Crippen LogP) is 2.16. The van der Waals surface area contributed by atoms with E-state index >= 15 is 0 Å². The summed E-state index contributed by atoms with van der Waals surface area (Å²) in [5.74, 6) is 2.69. The van der Waals surface area contributed by atoms with Crippen molar-refractivity contribution in [1.82, 2.24) is 9.55 Å². The zero-order valence-electron chi connectivity index (χ0n) is 9.77. The molecule has 0 radical (unpaired) electrons. The van der Waals surface area contributed by atoms with Gasteiger partial charge in [0.2, 0.25) is 0 Å². The average Bonchev–Trinajstić information content (AvgIpc) is 2.92. The van der Waals surface area contributed by atoms with Gasteiger partial charge < -0.3 is 10.3 Å². The normalized spacial score (nSPS) is 23.9. The Balaban J connectivity index is 2.14. The van der Waals surface area contributed by atoms with Gasteiger partial charge in [0.15, 0.2) is 0 Å². The molecule has 2 unspecified atom stereocenters. The van der Waals surface area contributed by atoms with E-state index in [1.165, 1.54) is 17.8 Å². The second-order valence-corrected chi connectivity index (χ2v) is 4.88. The maximum Gasteiger partial charge on any atom is 0.113 e. The summed E-state index contributed by atoms with van der Waals surface area (Å²) in [4.78, 5) is 4.74. The van der Waals surface area contributed by atoms with Crippen LogP contribution in [-0.2, 0) is 13.6 Å². The molecule has 16 heavy (non-hydrogen) atoms. The third-order valence-electron chi connectivity index (χ3n) is 3.66. The van der Waals surface area contributed by atoms with Crippen LogP contribution in [0.5, 0.6) is 0 Å². The molecule has 1 aliphatic rings. The number of fused-ring (bicyclic) bond motifs is 1. The Hall–Kier alpha value is -1.35. The van der Waals surface area contributed by atoms with E-state index in [2.05, 4.69) is 36.7 Å². The van der Waals surface area contributed by atoms with Crippen LogP contribution in [0.1, 0.15) is 30.7 Å². The summed E-state index contributed by atoms with van der Waals surface area (Å²) in [7, 11) is 2.11. The van der Waals surface area contributed by atoms with Crippen molar-refractivity contribution in [3.05, 3.63) is 29.6 Å². The first kappa shape index (κ1) is 9.85. The zero-order chi connectivity index (χ0) is 11.3. The van der Waals surface area contributed by atoms with Gasteiger partial charge >= 0.3 is 0 Å². The van der Waals surface area contributed by atoms with Crippen molar-refractivity contribution in [3.8, 4) is 0 Å². The van der Waals surface area contributed by atoms with Gasteiger partial charge in [0.1, 0.15) is 5.82 Å². The minimum atomic E-state index is 0.585. The monoisotopic (exact) mass is 215 g/mol. The summed E-state index contributed by atoms with van der Waals surface area (Å²) in [6.45, 7) is 2.87. The first-order chi connectivity index (χ1) is 7.70. The van der Waals surface area contributed by atoms with Crippen molar-refractivity contribution in [2.45, 2.75) is 25.8 Å². The molecule has 1 fully saturated rings. The van der Waals surface area contributed by atoms with Gasteiger partial charge in [0.25, 0.3) is 0 Å². The molecule has 1 aromatic carbocycles. The molecule has 3 heteroatoms. The Morgan fingerprint density at radius 1 is 1.50 bits per heavy atom. The number of nitrogens with two attached hydrogens (primary N) is 1. The number of aryl methyl sites for hydroxylation is 1. The highest BCUT2D eigenvalue weighted by Crippen LogP contribution is 2.46. The van der Waals surface area contributed by atoms with Crippen LogP contribution >= 0.6 is 0 Å². The van der Waals surface area contributed by atoms with Crippen molar-refractivity contribution in [3.63, 3.8) is 0 Å². The van der Waals surface area contributed by atoms with Gasteiger partial charge in [-0.15, -0.1) is 0 Å². The summed E-state index contributed by atoms with van der Waals surface area (Å²) < 4.78 is 2.23. The summed E-state index contributed by atoms with van der Waals surface area (Å²) in [5, 5.41) is 0. The minimum absolute atomic E-state index is 0.585. The lowest BCUT2D eigenvalue weighted by Gasteiger charge is -2.00. The van der Waals surface area contributed by atoms with Gasteiger partial charge in [-0.25, -0.2) is 4.98 Å². The van der Waals surface area contributed by atoms with Crippen molar-refractivity contribution in [2.24, 2.45) is 18.7 Å². The fourth-order valence-electron chi connectivity index (χ4n) is 2.40. The van der Waals surface area contributed by atoms with E-state index in [9.17, 15) is 0 Å². The van der Waals surface area contributed by atoms with Crippen LogP contribution in [0.2, 0.25) is 0 Å². The second-order valence-electron chi connectivity index (χ2n) is 4.88. The first-order valence-electron chi connectivity index (χ1n) is 5.86. The maximum atomic E-state index is 5.65. The predicted molar refractivity (Wildman–Crippen MR) is 65.1 cm³/mol. The molecule has 2 N–H and O–H groups in total. The lowest BCUT2D eigenvalue weighted by molar-refractivity contribution is 0.779. The smallest absolute Gasteiger partial charge is 0.113 e. The van der Waals surface area contributed by atoms with Crippen LogP contribution in [-0.4, -0.2) is 9.55 Å². The van der Waals surface area contributed by atoms with Gasteiger partial charge in [0.05, 0.1) is 11.0 Å². The van der Waals surface area contributed by atoms with Gasteiger partial charge in [-0.05, 0) is 30.0 Å². The molecule has 0 aliphatic heterocycles. The molecular formula is C13H17N3. The van der Waals surface area contributed by atoms with E-state index in [0.29, 0.717) is 12.5 Å². The van der Waals surface area contributed by atoms with Crippen LogP contribution in [0.4, 0.5) is 0 Å². The highest BCUT2D eigenvalue weighted by Gasteiger charge is 2.37. The van der Waals surface area contributed by atoms with E-state index in [4.69, 9.17) is 10.7 Å². The van der Waals surface area contributed by atoms with E-state index < -0.39 is 0 Å². The average molecular weight is 215 g/mol. The van der Waals surface area contributed by atoms with Crippen LogP contribution in [0.3, 0.4) is 0 Å². The number of imidazole rings is 1. The Morgan fingerprint density at radius 2 is 2.25 bits per heavy atom. The molecule has 0 amide bonds. The molecule has 1 aliphatic carbocycles. The number of rotatable bonds is 2. The second kappa shape index (κ2) is 3.32. The van der Waals surface area contributed by atoms with Gasteiger partial charge in [-0.1, -0.05) is 13.0 Å². The van der Waals surface area contributed by atoms with Crippen LogP contribution < -0.4 is 5.73 Å². The van der Waals surface area contributed by atoms with E-state index in [-0.39, 0.29) is 0 Å². The molecule has 3 nitrogen and oxygen atoms in total. The lowest BCUT2D eigenvalue weighted by atomic mass is 10.2. The van der Waals surface area contributed by atoms with Crippen LogP contribution in [0.15, 0.2) is 18.2 Å². The number of nitrogens with zero attached hydrogens (tertiary/aromatic N) is 2. The number of benzene rings is 1. The standard InChI is InChI=1S/C13H17N3/c1-8-5-10(8)13-15-11-6-9(7-14)3-4-12(11)16(13)2/h3-4,6,8,10H,5,7,14H2,1-2H3. The zero-order valence-corrected chi connectivity index (χ0v) is 9.77. The molecule has 0 saturated heterocycles. The summed E-state index contributed by atoms with van der Waals surface area (Å²) >= 11 is 0.